The maximum absolute atomic E-state index is 15.3. The van der Waals surface area contributed by atoms with Crippen molar-refractivity contribution < 1.29 is 80.3 Å². The number of piperazine rings is 1. The molecule has 1 aliphatic carbocycles. The highest BCUT2D eigenvalue weighted by atomic mass is 32.2. The van der Waals surface area contributed by atoms with Gasteiger partial charge in [-0.15, -0.1) is 0 Å². The quantitative estimate of drug-likeness (QED) is 0.0218. The van der Waals surface area contributed by atoms with Crippen LogP contribution in [0.3, 0.4) is 0 Å². The molecule has 2 unspecified atom stereocenters. The molecule has 0 radical (unpaired) electrons. The molecule has 4 fully saturated rings. The molecule has 1 amide bonds. The van der Waals surface area contributed by atoms with Crippen LogP contribution in [-0.4, -0.2) is 233 Å². The highest BCUT2D eigenvalue weighted by Gasteiger charge is 2.81. The Labute approximate surface area is 668 Å². The molecule has 3 aromatic heterocycles. The number of hydrogen-bond acceptors (Lipinski definition) is 22. The zero-order valence-corrected chi connectivity index (χ0v) is 67.7. The lowest BCUT2D eigenvalue weighted by Crippen LogP contribution is -2.81. The van der Waals surface area contributed by atoms with Gasteiger partial charge in [-0.05, 0) is 144 Å². The van der Waals surface area contributed by atoms with Gasteiger partial charge in [0.05, 0.1) is 110 Å². The van der Waals surface area contributed by atoms with Gasteiger partial charge < -0.3 is 68.4 Å². The van der Waals surface area contributed by atoms with E-state index in [-0.39, 0.29) is 24.7 Å². The number of imidazole rings is 1. The molecule has 24 nitrogen and oxygen atoms in total. The number of aryl methyl sites for hydroxylation is 1. The van der Waals surface area contributed by atoms with Crippen molar-refractivity contribution in [3.05, 3.63) is 160 Å². The van der Waals surface area contributed by atoms with E-state index >= 15 is 4.79 Å². The molecule has 8 aromatic rings. The van der Waals surface area contributed by atoms with Gasteiger partial charge in [0.1, 0.15) is 22.7 Å². The van der Waals surface area contributed by atoms with Crippen molar-refractivity contribution in [2.75, 3.05) is 130 Å². The molecule has 29 heteroatoms. The van der Waals surface area contributed by atoms with E-state index in [0.29, 0.717) is 123 Å². The number of rotatable bonds is 19. The number of anilines is 3. The third-order valence-corrected chi connectivity index (χ3v) is 27.4. The Hall–Kier alpha value is -8.91. The number of esters is 3. The summed E-state index contributed by atoms with van der Waals surface area (Å²) in [5.74, 6) is -0.278. The third-order valence-electron chi connectivity index (χ3n) is 25.1. The largest absolute Gasteiger partial charge is 0.497 e. The molecule has 1 spiro atoms. The molecule has 3 saturated heterocycles. The SMILES string of the molecule is CC[C@]1(O)C[C@H]2CN(CCc3c([nH]c4ccccc34)[C@@](C(=O)OC)(c3cc4c(cc3OC)N(C=O)[C@H]3[C@@](O)(C(=O)OC)[C@H](OC(C)=O)[C@]5(CC)C=CCN6CC[C@]43[C@@H]65)C2)C1.COc1ccc2nc(S(=O)Cc3ncc(C)c(OC)c3C)[nH]c2c1.OCCN1CCN(CCCN2c3ccccc3Sc3ccc(C(F)(F)F)cc32)CC1. The van der Waals surface area contributed by atoms with E-state index in [1.54, 1.807) is 32.5 Å². The number of piperidine rings is 1. The number of para-hydroxylation sites is 2. The van der Waals surface area contributed by atoms with E-state index in [2.05, 4.69) is 45.6 Å². The fourth-order valence-corrected chi connectivity index (χ4v) is 22.2. The number of benzene rings is 5. The third kappa shape index (κ3) is 14.3. The normalized spacial score (nSPS) is 26.4. The van der Waals surface area contributed by atoms with Gasteiger partial charge in [-0.2, -0.15) is 13.2 Å². The van der Waals surface area contributed by atoms with E-state index in [9.17, 15) is 42.0 Å². The Bertz CT molecular complexity index is 5020. The van der Waals surface area contributed by atoms with Gasteiger partial charge in [-0.3, -0.25) is 38.3 Å². The van der Waals surface area contributed by atoms with E-state index in [1.165, 1.54) is 57.0 Å². The van der Waals surface area contributed by atoms with E-state index in [0.717, 1.165) is 110 Å². The molecule has 5 aromatic carbocycles. The minimum absolute atomic E-state index is 0.155. The lowest BCUT2D eigenvalue weighted by molar-refractivity contribution is -0.228. The van der Waals surface area contributed by atoms with Crippen molar-refractivity contribution in [1.82, 2.24) is 39.5 Å². The molecule has 16 rings (SSSR count). The van der Waals surface area contributed by atoms with Crippen molar-refractivity contribution in [3.63, 3.8) is 0 Å². The smallest absolute Gasteiger partial charge is 0.416 e. The fourth-order valence-electron chi connectivity index (χ4n) is 20.1. The minimum Gasteiger partial charge on any atom is -0.497 e. The Kier molecular flexibility index (Phi) is 23.4. The van der Waals surface area contributed by atoms with E-state index < -0.39 is 86.1 Å². The number of halogens is 3. The van der Waals surface area contributed by atoms with Crippen molar-refractivity contribution in [3.8, 4) is 17.2 Å². The first-order chi connectivity index (χ1) is 54.7. The van der Waals surface area contributed by atoms with Crippen LogP contribution in [0.5, 0.6) is 17.2 Å². The molecule has 114 heavy (non-hydrogen) atoms. The zero-order chi connectivity index (χ0) is 81.0. The fraction of sp³-hybridized carbons (Fsp3) is 0.482. The average molecular weight is 1610 g/mol. The van der Waals surface area contributed by atoms with Gasteiger partial charge >= 0.3 is 24.1 Å². The Morgan fingerprint density at radius 3 is 2.20 bits per heavy atom. The molecule has 11 atom stereocenters. The lowest BCUT2D eigenvalue weighted by atomic mass is 9.47. The molecule has 5 N–H and O–H groups in total. The number of alkyl halides is 3. The standard InChI is InChI=1S/C46H56N4O10.C22H26F3N3OS.C17H19N3O3S/c1-7-42(55)22-28-23-45(40(53)58-5,36-30(14-18-48(24-28)25-42)29-12-9-10-13-33(29)47-36)32-20-31-34(21-35(32)57-4)50(26-51)38-44(31)16-19-49-17-11-15-43(8-2,37(44)49)39(60-27(3)52)46(38,56)41(54)59-6;23-22(24,25)17-6-7-21-19(16-17)28(18-4-1-2-5-20(18)30-21)9-3-8-26-10-12-27(13-11-26)14-15-29;1-10-8-18-15(11(2)16(10)23-4)9-24(21)17-19-13-6-5-12(22-3)7-14(13)20-17/h9-13,15,20-21,26,28,37-39,47,55-56H,7-8,14,16-19,22-25H2,1-6H3;1-2,4-7,16,29H,3,8-15H2;5-8H,9H2,1-4H3,(H,19,20)/t28-,37+,38-,39-,42+,43-,44-,45+,46+;;/m1../s1. The van der Waals surface area contributed by atoms with Gasteiger partial charge in [0.25, 0.3) is 0 Å². The van der Waals surface area contributed by atoms with Crippen LogP contribution in [0.25, 0.3) is 21.9 Å². The van der Waals surface area contributed by atoms with Crippen molar-refractivity contribution in [1.29, 1.82) is 0 Å². The summed E-state index contributed by atoms with van der Waals surface area (Å²) < 4.78 is 86.9. The maximum atomic E-state index is 15.3. The summed E-state index contributed by atoms with van der Waals surface area (Å²) in [4.78, 5) is 86.7. The molecular formula is C85H101F3N10O14S2. The predicted octanol–water partition coefficient (Wildman–Crippen LogP) is 10.7. The van der Waals surface area contributed by atoms with Gasteiger partial charge in [-0.1, -0.05) is 68.1 Å². The van der Waals surface area contributed by atoms with Gasteiger partial charge in [0, 0.05) is 151 Å². The topological polar surface area (TPSA) is 278 Å². The number of nitrogens with one attached hydrogen (secondary N) is 2. The number of aromatic amines is 2. The van der Waals surface area contributed by atoms with Crippen LogP contribution in [0.15, 0.2) is 130 Å². The highest BCUT2D eigenvalue weighted by molar-refractivity contribution is 7.99. The first kappa shape index (κ1) is 81.6. The summed E-state index contributed by atoms with van der Waals surface area (Å²) in [7, 11) is 6.00. The Balaban J connectivity index is 0.000000164. The molecule has 1 saturated carbocycles. The number of carbonyl (C=O) groups is 4. The average Bonchev–Trinajstić information content (AvgIpc) is 1.49. The van der Waals surface area contributed by atoms with Gasteiger partial charge in [-0.25, -0.2) is 9.78 Å². The number of fused-ring (bicyclic) bond motifs is 9. The van der Waals surface area contributed by atoms with Crippen LogP contribution in [0.1, 0.15) is 104 Å². The summed E-state index contributed by atoms with van der Waals surface area (Å²) in [6.07, 6.45) is 4.09. The van der Waals surface area contributed by atoms with Crippen molar-refractivity contribution in [2.24, 2.45) is 11.3 Å². The second-order valence-electron chi connectivity index (χ2n) is 31.2. The van der Waals surface area contributed by atoms with Crippen LogP contribution in [0, 0.1) is 25.2 Å². The first-order valence-electron chi connectivity index (χ1n) is 39.0. The molecular weight excluding hydrogens is 1510 g/mol. The number of H-pyrrole nitrogens is 2. The number of aromatic nitrogens is 4. The van der Waals surface area contributed by atoms with Crippen LogP contribution in [0.2, 0.25) is 0 Å². The van der Waals surface area contributed by atoms with E-state index in [4.69, 9.17) is 33.5 Å². The molecule has 7 aliphatic heterocycles. The summed E-state index contributed by atoms with van der Waals surface area (Å²) >= 11 is 1.53. The van der Waals surface area contributed by atoms with E-state index in [1.807, 2.05) is 111 Å². The van der Waals surface area contributed by atoms with Crippen LogP contribution < -0.4 is 24.0 Å². The van der Waals surface area contributed by atoms with Crippen LogP contribution in [-0.2, 0) is 73.4 Å². The van der Waals surface area contributed by atoms with Crippen molar-refractivity contribution in [2.45, 2.75) is 147 Å². The number of ether oxygens (including phenoxy) is 6. The second-order valence-corrected chi connectivity index (χ2v) is 33.7. The molecule has 8 aliphatic rings. The maximum Gasteiger partial charge on any atom is 0.416 e. The monoisotopic (exact) mass is 1610 g/mol. The number of amides is 1. The highest BCUT2D eigenvalue weighted by Crippen LogP contribution is 2.69. The van der Waals surface area contributed by atoms with Crippen LogP contribution in [0.4, 0.5) is 30.2 Å². The summed E-state index contributed by atoms with van der Waals surface area (Å²) in [6.45, 7) is 18.3. The second kappa shape index (κ2) is 32.6. The van der Waals surface area contributed by atoms with Gasteiger partial charge in [0.15, 0.2) is 11.3 Å². The number of hydrogen-bond donors (Lipinski definition) is 5. The first-order valence-corrected chi connectivity index (χ1v) is 41.1. The Morgan fingerprint density at radius 2 is 1.51 bits per heavy atom. The number of pyridine rings is 1. The lowest BCUT2D eigenvalue weighted by Gasteiger charge is -2.63. The van der Waals surface area contributed by atoms with Gasteiger partial charge in [0.2, 0.25) is 12.0 Å². The summed E-state index contributed by atoms with van der Waals surface area (Å²) in [5, 5.41) is 35.7. The molecule has 10 heterocycles. The number of aliphatic hydroxyl groups is 3. The van der Waals surface area contributed by atoms with Crippen LogP contribution >= 0.6 is 11.8 Å². The minimum atomic E-state index is -4.35. The number of nitrogens with zero attached hydrogens (tertiary/aromatic N) is 8. The number of β-amino-alcohol motifs (C(OH)–C–C–N with tert-alkyl or cyclic N) is 1. The van der Waals surface area contributed by atoms with Crippen molar-refractivity contribution >= 4 is 85.9 Å². The Morgan fingerprint density at radius 1 is 0.772 bits per heavy atom. The number of aliphatic hydroxyl groups excluding tert-OH is 1. The summed E-state index contributed by atoms with van der Waals surface area (Å²) in [5.41, 5.74) is 2.02. The molecule has 2 bridgehead atoms. The number of methoxy groups -OCH3 is 5. The predicted molar refractivity (Wildman–Crippen MR) is 427 cm³/mol. The summed E-state index contributed by atoms with van der Waals surface area (Å²) in [6, 6.07) is 27.4. The zero-order valence-electron chi connectivity index (χ0n) is 66.1. The molecule has 608 valence electrons. The number of carbonyl (C=O) groups excluding carboxylic acids is 4.